The van der Waals surface area contributed by atoms with Crippen LogP contribution in [-0.4, -0.2) is 68.5 Å². The monoisotopic (exact) mass is 893 g/mol. The maximum absolute atomic E-state index is 12.9. The van der Waals surface area contributed by atoms with Crippen LogP contribution in [0.5, 0.6) is 0 Å². The number of quaternary nitrogens is 1. The Hall–Kier alpha value is -1.54. The summed E-state index contributed by atoms with van der Waals surface area (Å²) in [5.41, 5.74) is 0. The number of amides is 1. The number of phosphoric acid groups is 1. The van der Waals surface area contributed by atoms with Crippen LogP contribution in [0.15, 0.2) is 48.6 Å². The molecule has 8 nitrogen and oxygen atoms in total. The van der Waals surface area contributed by atoms with Crippen LogP contribution < -0.4 is 10.2 Å². The van der Waals surface area contributed by atoms with E-state index in [9.17, 15) is 19.4 Å². The van der Waals surface area contributed by atoms with Gasteiger partial charge in [-0.1, -0.05) is 217 Å². The van der Waals surface area contributed by atoms with Gasteiger partial charge < -0.3 is 28.8 Å². The van der Waals surface area contributed by atoms with Crippen molar-refractivity contribution in [3.8, 4) is 0 Å². The standard InChI is InChI=1S/C53H101N2O6P/c1-6-8-10-12-14-16-18-20-22-24-26-27-29-31-33-35-37-39-41-43-45-47-53(57)54-51(50-61-62(58,59)60-49-48-55(3,4)5)52(56)46-44-42-40-38-36-34-32-30-28-25-23-21-19-17-15-13-11-9-7-2/h8,10,14,16,36,38,44,46,51-52,56H,6-7,9,11-13,15,17-35,37,39-43,45,47-50H2,1-5H3,(H-,54,57,58,59)/b10-8-,16-14-,38-36+,46-44+. The molecule has 0 aliphatic heterocycles. The fourth-order valence-corrected chi connectivity index (χ4v) is 8.17. The van der Waals surface area contributed by atoms with Crippen LogP contribution in [0.25, 0.3) is 0 Å². The molecule has 9 heteroatoms. The van der Waals surface area contributed by atoms with Gasteiger partial charge in [-0.25, -0.2) is 0 Å². The second-order valence-corrected chi connectivity index (χ2v) is 20.2. The van der Waals surface area contributed by atoms with Crippen molar-refractivity contribution in [1.82, 2.24) is 5.32 Å². The number of carbonyl (C=O) groups excluding carboxylic acids is 1. The van der Waals surface area contributed by atoms with Gasteiger partial charge in [0.1, 0.15) is 13.2 Å². The number of nitrogens with one attached hydrogen (secondary N) is 1. The summed E-state index contributed by atoms with van der Waals surface area (Å²) in [6, 6.07) is -0.903. The molecule has 0 rings (SSSR count). The Balaban J connectivity index is 4.32. The number of likely N-dealkylation sites (N-methyl/N-ethyl adjacent to an activating group) is 1. The molecule has 0 saturated carbocycles. The van der Waals surface area contributed by atoms with E-state index in [2.05, 4.69) is 55.6 Å². The Labute approximate surface area is 384 Å². The minimum atomic E-state index is -4.60. The van der Waals surface area contributed by atoms with Crippen molar-refractivity contribution in [2.45, 2.75) is 244 Å². The Morgan fingerprint density at radius 3 is 1.48 bits per heavy atom. The van der Waals surface area contributed by atoms with E-state index in [1.165, 1.54) is 161 Å². The van der Waals surface area contributed by atoms with Gasteiger partial charge in [0.15, 0.2) is 0 Å². The Kier molecular flexibility index (Phi) is 43.5. The number of rotatable bonds is 47. The predicted octanol–water partition coefficient (Wildman–Crippen LogP) is 14.6. The maximum Gasteiger partial charge on any atom is 0.268 e. The van der Waals surface area contributed by atoms with Gasteiger partial charge in [-0.2, -0.15) is 0 Å². The van der Waals surface area contributed by atoms with Crippen LogP contribution in [0, 0.1) is 0 Å². The first-order valence-corrected chi connectivity index (χ1v) is 27.5. The quantitative estimate of drug-likeness (QED) is 0.0273. The zero-order valence-corrected chi connectivity index (χ0v) is 42.2. The topological polar surface area (TPSA) is 108 Å². The van der Waals surface area contributed by atoms with Crippen molar-refractivity contribution in [3.63, 3.8) is 0 Å². The molecule has 1 amide bonds. The van der Waals surface area contributed by atoms with Gasteiger partial charge in [0, 0.05) is 6.42 Å². The molecule has 0 radical (unpaired) electrons. The Morgan fingerprint density at radius 1 is 0.581 bits per heavy atom. The second-order valence-electron chi connectivity index (χ2n) is 18.8. The van der Waals surface area contributed by atoms with E-state index < -0.39 is 26.6 Å². The molecule has 0 heterocycles. The molecule has 0 aromatic rings. The highest BCUT2D eigenvalue weighted by molar-refractivity contribution is 7.45. The molecule has 0 bridgehead atoms. The zero-order valence-electron chi connectivity index (χ0n) is 41.3. The lowest BCUT2D eigenvalue weighted by Gasteiger charge is -2.29. The Morgan fingerprint density at radius 2 is 1.00 bits per heavy atom. The van der Waals surface area contributed by atoms with Crippen LogP contribution >= 0.6 is 7.82 Å². The summed E-state index contributed by atoms with van der Waals surface area (Å²) in [5, 5.41) is 13.8. The van der Waals surface area contributed by atoms with Gasteiger partial charge >= 0.3 is 0 Å². The van der Waals surface area contributed by atoms with Crippen LogP contribution in [0.1, 0.15) is 232 Å². The number of nitrogens with zero attached hydrogens (tertiary/aromatic N) is 1. The molecular weight excluding hydrogens is 792 g/mol. The third-order valence-electron chi connectivity index (χ3n) is 11.5. The van der Waals surface area contributed by atoms with Crippen molar-refractivity contribution in [2.75, 3.05) is 40.9 Å². The number of hydrogen-bond acceptors (Lipinski definition) is 6. The van der Waals surface area contributed by atoms with Crippen molar-refractivity contribution in [3.05, 3.63) is 48.6 Å². The lowest BCUT2D eigenvalue weighted by Crippen LogP contribution is -2.45. The second kappa shape index (κ2) is 44.7. The highest BCUT2D eigenvalue weighted by Gasteiger charge is 2.23. The lowest BCUT2D eigenvalue weighted by molar-refractivity contribution is -0.870. The summed E-state index contributed by atoms with van der Waals surface area (Å²) < 4.78 is 23.3. The molecule has 0 aliphatic rings. The first-order chi connectivity index (χ1) is 30.0. The summed E-state index contributed by atoms with van der Waals surface area (Å²) in [6.45, 7) is 4.54. The molecule has 364 valence electrons. The number of aliphatic hydroxyl groups is 1. The van der Waals surface area contributed by atoms with Crippen LogP contribution in [-0.2, 0) is 18.4 Å². The van der Waals surface area contributed by atoms with Gasteiger partial charge in [0.05, 0.1) is 39.9 Å². The van der Waals surface area contributed by atoms with E-state index in [1.807, 2.05) is 27.2 Å². The molecule has 0 saturated heterocycles. The maximum atomic E-state index is 12.9. The van der Waals surface area contributed by atoms with Crippen LogP contribution in [0.2, 0.25) is 0 Å². The molecule has 0 fully saturated rings. The number of unbranched alkanes of at least 4 members (excludes halogenated alkanes) is 28. The van der Waals surface area contributed by atoms with Gasteiger partial charge in [-0.15, -0.1) is 0 Å². The molecule has 3 unspecified atom stereocenters. The predicted molar refractivity (Wildman–Crippen MR) is 265 cm³/mol. The number of phosphoric ester groups is 1. The van der Waals surface area contributed by atoms with Gasteiger partial charge in [0.2, 0.25) is 5.91 Å². The number of hydrogen-bond donors (Lipinski definition) is 2. The molecule has 62 heavy (non-hydrogen) atoms. The van der Waals surface area contributed by atoms with E-state index in [0.717, 1.165) is 51.4 Å². The van der Waals surface area contributed by atoms with E-state index in [4.69, 9.17) is 9.05 Å². The molecule has 0 aliphatic carbocycles. The number of carbonyl (C=O) groups is 1. The fraction of sp³-hybridized carbons (Fsp3) is 0.830. The molecule has 2 N–H and O–H groups in total. The third-order valence-corrected chi connectivity index (χ3v) is 12.5. The molecule has 3 atom stereocenters. The molecule has 0 spiro atoms. The van der Waals surface area contributed by atoms with Crippen molar-refractivity contribution >= 4 is 13.7 Å². The SMILES string of the molecule is CC/C=C\C/C=C\CCCCCCCCCCCCCCCCC(=O)NC(COP(=O)([O-])OCC[N+](C)(C)C)C(O)/C=C/CC/C=C/CCCCCCCCCCCCCCC. The lowest BCUT2D eigenvalue weighted by atomic mass is 10.0. The smallest absolute Gasteiger partial charge is 0.268 e. The van der Waals surface area contributed by atoms with E-state index >= 15 is 0 Å². The first-order valence-electron chi connectivity index (χ1n) is 26.0. The molecule has 0 aromatic carbocycles. The minimum Gasteiger partial charge on any atom is -0.756 e. The summed E-state index contributed by atoms with van der Waals surface area (Å²) in [6.07, 6.45) is 57.4. The van der Waals surface area contributed by atoms with Crippen LogP contribution in [0.4, 0.5) is 0 Å². The molecular formula is C53H101N2O6P. The minimum absolute atomic E-state index is 0.00663. The summed E-state index contributed by atoms with van der Waals surface area (Å²) >= 11 is 0. The summed E-state index contributed by atoms with van der Waals surface area (Å²) in [5.74, 6) is -0.207. The van der Waals surface area contributed by atoms with Crippen molar-refractivity contribution in [1.29, 1.82) is 0 Å². The average Bonchev–Trinajstić information content (AvgIpc) is 3.23. The Bertz CT molecular complexity index is 1150. The van der Waals surface area contributed by atoms with E-state index in [0.29, 0.717) is 17.4 Å². The van der Waals surface area contributed by atoms with Gasteiger partial charge in [-0.05, 0) is 57.8 Å². The highest BCUT2D eigenvalue weighted by Crippen LogP contribution is 2.38. The number of allylic oxidation sites excluding steroid dienone is 7. The largest absolute Gasteiger partial charge is 0.756 e. The average molecular weight is 893 g/mol. The first kappa shape index (κ1) is 60.5. The number of aliphatic hydroxyl groups excluding tert-OH is 1. The normalized spacial score (nSPS) is 14.5. The van der Waals surface area contributed by atoms with E-state index in [-0.39, 0.29) is 12.5 Å². The van der Waals surface area contributed by atoms with Crippen molar-refractivity contribution < 1.29 is 32.9 Å². The van der Waals surface area contributed by atoms with Crippen LogP contribution in [0.3, 0.4) is 0 Å². The fourth-order valence-electron chi connectivity index (χ4n) is 7.44. The van der Waals surface area contributed by atoms with Gasteiger partial charge in [-0.3, -0.25) is 9.36 Å². The van der Waals surface area contributed by atoms with E-state index in [1.54, 1.807) is 6.08 Å². The zero-order chi connectivity index (χ0) is 45.7. The summed E-state index contributed by atoms with van der Waals surface area (Å²) in [4.78, 5) is 25.4. The third kappa shape index (κ3) is 46.5. The van der Waals surface area contributed by atoms with Crippen molar-refractivity contribution in [2.24, 2.45) is 0 Å². The molecule has 0 aromatic heterocycles. The highest BCUT2D eigenvalue weighted by atomic mass is 31.2. The summed E-state index contributed by atoms with van der Waals surface area (Å²) in [7, 11) is 1.24. The van der Waals surface area contributed by atoms with Gasteiger partial charge in [0.25, 0.3) is 7.82 Å².